The number of benzene rings is 2. The Morgan fingerprint density at radius 3 is 2.47 bits per heavy atom. The van der Waals surface area contributed by atoms with Crippen LogP contribution in [0.2, 0.25) is 0 Å². The van der Waals surface area contributed by atoms with Gasteiger partial charge in [-0.3, -0.25) is 5.32 Å². The van der Waals surface area contributed by atoms with E-state index < -0.39 is 0 Å². The summed E-state index contributed by atoms with van der Waals surface area (Å²) < 4.78 is 0. The number of anilines is 1. The summed E-state index contributed by atoms with van der Waals surface area (Å²) in [4.78, 5) is 2.45. The quantitative estimate of drug-likeness (QED) is 0.880. The van der Waals surface area contributed by atoms with Crippen LogP contribution in [0.3, 0.4) is 0 Å². The Hall–Kier alpha value is -1.80. The van der Waals surface area contributed by atoms with Gasteiger partial charge in [0.1, 0.15) is 6.17 Å². The number of hydrogen-bond acceptors (Lipinski definition) is 2. The molecule has 98 valence electrons. The van der Waals surface area contributed by atoms with E-state index in [9.17, 15) is 0 Å². The van der Waals surface area contributed by atoms with Gasteiger partial charge in [-0.1, -0.05) is 48.0 Å². The van der Waals surface area contributed by atoms with Gasteiger partial charge in [0.2, 0.25) is 0 Å². The van der Waals surface area contributed by atoms with Crippen molar-refractivity contribution in [3.05, 3.63) is 65.7 Å². The Kier molecular flexibility index (Phi) is 3.51. The Bertz CT molecular complexity index is 519. The SMILES string of the molecule is Cc1ccc(C2NCCCN2c2ccccc2)cc1. The summed E-state index contributed by atoms with van der Waals surface area (Å²) in [6.45, 7) is 4.32. The van der Waals surface area contributed by atoms with Crippen LogP contribution < -0.4 is 10.2 Å². The lowest BCUT2D eigenvalue weighted by molar-refractivity contribution is 0.438. The number of rotatable bonds is 2. The summed E-state index contributed by atoms with van der Waals surface area (Å²) in [5.41, 5.74) is 3.94. The van der Waals surface area contributed by atoms with Gasteiger partial charge >= 0.3 is 0 Å². The number of nitrogens with zero attached hydrogens (tertiary/aromatic N) is 1. The molecular formula is C17H20N2. The van der Waals surface area contributed by atoms with Gasteiger partial charge in [0.15, 0.2) is 0 Å². The van der Waals surface area contributed by atoms with E-state index in [1.165, 1.54) is 23.2 Å². The van der Waals surface area contributed by atoms with Crippen LogP contribution in [0, 0.1) is 6.92 Å². The summed E-state index contributed by atoms with van der Waals surface area (Å²) in [5, 5.41) is 3.63. The molecule has 1 fully saturated rings. The molecule has 0 bridgehead atoms. The zero-order chi connectivity index (χ0) is 13.1. The smallest absolute Gasteiger partial charge is 0.106 e. The first-order chi connectivity index (χ1) is 9.34. The van der Waals surface area contributed by atoms with Crippen LogP contribution >= 0.6 is 0 Å². The van der Waals surface area contributed by atoms with Crippen molar-refractivity contribution in [3.8, 4) is 0 Å². The normalized spacial score (nSPS) is 19.4. The molecule has 3 rings (SSSR count). The number of nitrogens with one attached hydrogen (secondary N) is 1. The molecule has 1 N–H and O–H groups in total. The second-order valence-electron chi connectivity index (χ2n) is 5.15. The topological polar surface area (TPSA) is 15.3 Å². The molecule has 0 aromatic heterocycles. The zero-order valence-electron chi connectivity index (χ0n) is 11.3. The molecule has 19 heavy (non-hydrogen) atoms. The van der Waals surface area contributed by atoms with Crippen molar-refractivity contribution in [2.75, 3.05) is 18.0 Å². The maximum absolute atomic E-state index is 3.63. The minimum Gasteiger partial charge on any atom is -0.352 e. The molecule has 1 unspecified atom stereocenters. The van der Waals surface area contributed by atoms with Crippen molar-refractivity contribution in [2.24, 2.45) is 0 Å². The van der Waals surface area contributed by atoms with Crippen molar-refractivity contribution >= 4 is 5.69 Å². The van der Waals surface area contributed by atoms with Gasteiger partial charge in [-0.2, -0.15) is 0 Å². The average Bonchev–Trinajstić information content (AvgIpc) is 2.49. The van der Waals surface area contributed by atoms with E-state index in [2.05, 4.69) is 71.7 Å². The lowest BCUT2D eigenvalue weighted by Gasteiger charge is -2.38. The monoisotopic (exact) mass is 252 g/mol. The van der Waals surface area contributed by atoms with Crippen LogP contribution in [-0.2, 0) is 0 Å². The fourth-order valence-electron chi connectivity index (χ4n) is 2.67. The van der Waals surface area contributed by atoms with Gasteiger partial charge in [0, 0.05) is 12.2 Å². The molecule has 0 saturated carbocycles. The maximum Gasteiger partial charge on any atom is 0.106 e. The fourth-order valence-corrected chi connectivity index (χ4v) is 2.67. The van der Waals surface area contributed by atoms with Crippen LogP contribution in [0.1, 0.15) is 23.7 Å². The lowest BCUT2D eigenvalue weighted by atomic mass is 10.1. The van der Waals surface area contributed by atoms with Gasteiger partial charge in [-0.05, 0) is 37.6 Å². The lowest BCUT2D eigenvalue weighted by Crippen LogP contribution is -2.45. The van der Waals surface area contributed by atoms with E-state index in [0.29, 0.717) is 0 Å². The molecule has 2 aromatic carbocycles. The van der Waals surface area contributed by atoms with Gasteiger partial charge < -0.3 is 4.90 Å². The second kappa shape index (κ2) is 5.45. The predicted molar refractivity (Wildman–Crippen MR) is 80.3 cm³/mol. The minimum atomic E-state index is 0.289. The molecule has 0 radical (unpaired) electrons. The van der Waals surface area contributed by atoms with E-state index in [0.717, 1.165) is 13.1 Å². The largest absolute Gasteiger partial charge is 0.352 e. The van der Waals surface area contributed by atoms with Crippen molar-refractivity contribution in [2.45, 2.75) is 19.5 Å². The summed E-state index contributed by atoms with van der Waals surface area (Å²) >= 11 is 0. The summed E-state index contributed by atoms with van der Waals surface area (Å²) in [6, 6.07) is 19.5. The second-order valence-corrected chi connectivity index (χ2v) is 5.15. The van der Waals surface area contributed by atoms with Crippen LogP contribution in [0.5, 0.6) is 0 Å². The van der Waals surface area contributed by atoms with Crippen LogP contribution in [-0.4, -0.2) is 13.1 Å². The summed E-state index contributed by atoms with van der Waals surface area (Å²) in [6.07, 6.45) is 1.48. The van der Waals surface area contributed by atoms with E-state index in [1.807, 2.05) is 0 Å². The molecule has 1 heterocycles. The summed E-state index contributed by atoms with van der Waals surface area (Å²) in [5.74, 6) is 0. The average molecular weight is 252 g/mol. The molecule has 0 amide bonds. The third-order valence-corrected chi connectivity index (χ3v) is 3.71. The van der Waals surface area contributed by atoms with Crippen molar-refractivity contribution in [1.29, 1.82) is 0 Å². The number of hydrogen-bond donors (Lipinski definition) is 1. The first-order valence-corrected chi connectivity index (χ1v) is 6.96. The minimum absolute atomic E-state index is 0.289. The molecule has 0 aliphatic carbocycles. The van der Waals surface area contributed by atoms with Gasteiger partial charge in [0.25, 0.3) is 0 Å². The Morgan fingerprint density at radius 1 is 1.00 bits per heavy atom. The molecule has 1 aliphatic heterocycles. The Labute approximate surface area is 115 Å². The zero-order valence-corrected chi connectivity index (χ0v) is 11.3. The van der Waals surface area contributed by atoms with E-state index in [1.54, 1.807) is 0 Å². The van der Waals surface area contributed by atoms with Crippen LogP contribution in [0.25, 0.3) is 0 Å². The Morgan fingerprint density at radius 2 is 1.74 bits per heavy atom. The molecule has 2 heteroatoms. The molecule has 2 aromatic rings. The third-order valence-electron chi connectivity index (χ3n) is 3.71. The highest BCUT2D eigenvalue weighted by molar-refractivity contribution is 5.49. The first-order valence-electron chi connectivity index (χ1n) is 6.96. The highest BCUT2D eigenvalue weighted by Gasteiger charge is 2.23. The van der Waals surface area contributed by atoms with Gasteiger partial charge in [-0.15, -0.1) is 0 Å². The Balaban J connectivity index is 1.91. The number of para-hydroxylation sites is 1. The maximum atomic E-state index is 3.63. The van der Waals surface area contributed by atoms with E-state index in [4.69, 9.17) is 0 Å². The highest BCUT2D eigenvalue weighted by atomic mass is 15.3. The van der Waals surface area contributed by atoms with Gasteiger partial charge in [0.05, 0.1) is 0 Å². The highest BCUT2D eigenvalue weighted by Crippen LogP contribution is 2.27. The molecular weight excluding hydrogens is 232 g/mol. The van der Waals surface area contributed by atoms with Crippen LogP contribution in [0.15, 0.2) is 54.6 Å². The summed E-state index contributed by atoms with van der Waals surface area (Å²) in [7, 11) is 0. The van der Waals surface area contributed by atoms with Crippen molar-refractivity contribution < 1.29 is 0 Å². The predicted octanol–water partition coefficient (Wildman–Crippen LogP) is 3.49. The van der Waals surface area contributed by atoms with E-state index in [-0.39, 0.29) is 6.17 Å². The molecule has 1 saturated heterocycles. The molecule has 1 aliphatic rings. The van der Waals surface area contributed by atoms with Gasteiger partial charge in [-0.25, -0.2) is 0 Å². The molecule has 0 spiro atoms. The standard InChI is InChI=1S/C17H20N2/c1-14-8-10-15(11-9-14)17-18-12-5-13-19(17)16-6-3-2-4-7-16/h2-4,6-11,17-18H,5,12-13H2,1H3. The third kappa shape index (κ3) is 2.64. The number of aryl methyl sites for hydroxylation is 1. The molecule has 2 nitrogen and oxygen atoms in total. The fraction of sp³-hybridized carbons (Fsp3) is 0.294. The first kappa shape index (κ1) is 12.2. The van der Waals surface area contributed by atoms with Crippen molar-refractivity contribution in [1.82, 2.24) is 5.32 Å². The molecule has 1 atom stereocenters. The van der Waals surface area contributed by atoms with Crippen molar-refractivity contribution in [3.63, 3.8) is 0 Å². The van der Waals surface area contributed by atoms with E-state index >= 15 is 0 Å². The van der Waals surface area contributed by atoms with Crippen LogP contribution in [0.4, 0.5) is 5.69 Å².